The Morgan fingerprint density at radius 1 is 1.53 bits per heavy atom. The Kier molecular flexibility index (Phi) is 3.77. The van der Waals surface area contributed by atoms with Crippen molar-refractivity contribution in [2.75, 3.05) is 0 Å². The van der Waals surface area contributed by atoms with Crippen LogP contribution in [0.3, 0.4) is 0 Å². The first-order valence-corrected chi connectivity index (χ1v) is 5.46. The highest BCUT2D eigenvalue weighted by Crippen LogP contribution is 1.94. The minimum Gasteiger partial charge on any atom is -0.310 e. The van der Waals surface area contributed by atoms with Gasteiger partial charge in [0.15, 0.2) is 0 Å². The summed E-state index contributed by atoms with van der Waals surface area (Å²) in [5.74, 6) is -0.547. The van der Waals surface area contributed by atoms with Gasteiger partial charge in [0.05, 0.1) is 6.21 Å². The van der Waals surface area contributed by atoms with E-state index in [2.05, 4.69) is 25.5 Å². The Labute approximate surface area is 108 Å². The van der Waals surface area contributed by atoms with Crippen LogP contribution in [0.1, 0.15) is 21.7 Å². The van der Waals surface area contributed by atoms with Gasteiger partial charge in [0.2, 0.25) is 0 Å². The molecule has 0 fully saturated rings. The average molecular weight is 257 g/mol. The molecule has 0 aliphatic carbocycles. The molecule has 96 valence electrons. The van der Waals surface area contributed by atoms with Gasteiger partial charge in [-0.25, -0.2) is 10.2 Å². The number of amides is 1. The van der Waals surface area contributed by atoms with Crippen molar-refractivity contribution in [3.8, 4) is 0 Å². The lowest BCUT2D eigenvalue weighted by Gasteiger charge is -1.99. The smallest absolute Gasteiger partial charge is 0.310 e. The SMILES string of the molecule is Cc1cc(C(=O)N/N=C/c2cccnc2)nc(=O)[nH]1. The fourth-order valence-corrected chi connectivity index (χ4v) is 1.37. The van der Waals surface area contributed by atoms with Crippen molar-refractivity contribution in [1.82, 2.24) is 20.4 Å². The molecule has 1 amide bonds. The van der Waals surface area contributed by atoms with E-state index in [1.54, 1.807) is 31.5 Å². The van der Waals surface area contributed by atoms with Crippen molar-refractivity contribution in [2.45, 2.75) is 6.92 Å². The van der Waals surface area contributed by atoms with Gasteiger partial charge in [0, 0.05) is 23.7 Å². The Balaban J connectivity index is 2.06. The third-order valence-corrected chi connectivity index (χ3v) is 2.18. The van der Waals surface area contributed by atoms with E-state index in [9.17, 15) is 9.59 Å². The van der Waals surface area contributed by atoms with E-state index in [0.717, 1.165) is 5.56 Å². The summed E-state index contributed by atoms with van der Waals surface area (Å²) >= 11 is 0. The van der Waals surface area contributed by atoms with Crippen molar-refractivity contribution in [2.24, 2.45) is 5.10 Å². The topological polar surface area (TPSA) is 100 Å². The standard InChI is InChI=1S/C12H11N5O2/c1-8-5-10(16-12(19)15-8)11(18)17-14-7-9-3-2-4-13-6-9/h2-7H,1H3,(H,17,18)(H,15,16,19)/b14-7+. The lowest BCUT2D eigenvalue weighted by molar-refractivity contribution is 0.0949. The van der Waals surface area contributed by atoms with Crippen molar-refractivity contribution in [1.29, 1.82) is 0 Å². The van der Waals surface area contributed by atoms with E-state index < -0.39 is 11.6 Å². The van der Waals surface area contributed by atoms with Crippen LogP contribution >= 0.6 is 0 Å². The fourth-order valence-electron chi connectivity index (χ4n) is 1.37. The number of H-pyrrole nitrogens is 1. The summed E-state index contributed by atoms with van der Waals surface area (Å²) in [7, 11) is 0. The van der Waals surface area contributed by atoms with Gasteiger partial charge >= 0.3 is 5.69 Å². The number of nitrogens with zero attached hydrogens (tertiary/aromatic N) is 3. The molecule has 0 radical (unpaired) electrons. The molecule has 0 saturated heterocycles. The predicted molar refractivity (Wildman–Crippen MR) is 68.9 cm³/mol. The lowest BCUT2D eigenvalue weighted by Crippen LogP contribution is -2.24. The Morgan fingerprint density at radius 2 is 2.37 bits per heavy atom. The molecule has 0 aromatic carbocycles. The second kappa shape index (κ2) is 5.67. The Bertz CT molecular complexity index is 663. The molecule has 2 aromatic rings. The molecule has 0 saturated carbocycles. The summed E-state index contributed by atoms with van der Waals surface area (Å²) in [6.45, 7) is 1.67. The first kappa shape index (κ1) is 12.6. The van der Waals surface area contributed by atoms with E-state index in [1.807, 2.05) is 0 Å². The zero-order valence-electron chi connectivity index (χ0n) is 10.1. The Morgan fingerprint density at radius 3 is 3.05 bits per heavy atom. The predicted octanol–water partition coefficient (Wildman–Crippen LogP) is 0.237. The molecular formula is C12H11N5O2. The van der Waals surface area contributed by atoms with E-state index in [-0.39, 0.29) is 5.69 Å². The molecule has 0 bridgehead atoms. The zero-order chi connectivity index (χ0) is 13.7. The minimum absolute atomic E-state index is 0.0181. The number of hydrogen-bond donors (Lipinski definition) is 2. The number of carbonyl (C=O) groups is 1. The summed E-state index contributed by atoms with van der Waals surface area (Å²) in [4.78, 5) is 32.7. The van der Waals surface area contributed by atoms with Crippen LogP contribution in [0, 0.1) is 6.92 Å². The highest BCUT2D eigenvalue weighted by Gasteiger charge is 2.07. The van der Waals surface area contributed by atoms with E-state index >= 15 is 0 Å². The van der Waals surface area contributed by atoms with E-state index in [0.29, 0.717) is 5.69 Å². The van der Waals surface area contributed by atoms with Crippen LogP contribution in [0.5, 0.6) is 0 Å². The molecule has 7 nitrogen and oxygen atoms in total. The zero-order valence-corrected chi connectivity index (χ0v) is 10.1. The molecule has 0 atom stereocenters. The summed E-state index contributed by atoms with van der Waals surface area (Å²) in [5.41, 5.74) is 3.04. The van der Waals surface area contributed by atoms with Crippen molar-refractivity contribution < 1.29 is 4.79 Å². The van der Waals surface area contributed by atoms with Crippen LogP contribution in [-0.4, -0.2) is 27.1 Å². The third-order valence-electron chi connectivity index (χ3n) is 2.18. The maximum Gasteiger partial charge on any atom is 0.345 e. The largest absolute Gasteiger partial charge is 0.345 e. The quantitative estimate of drug-likeness (QED) is 0.607. The van der Waals surface area contributed by atoms with E-state index in [4.69, 9.17) is 0 Å². The number of carbonyl (C=O) groups excluding carboxylic acids is 1. The number of aromatic nitrogens is 3. The summed E-state index contributed by atoms with van der Waals surface area (Å²) in [5, 5.41) is 3.76. The molecular weight excluding hydrogens is 246 g/mol. The molecule has 2 N–H and O–H groups in total. The number of rotatable bonds is 3. The number of pyridine rings is 1. The maximum absolute atomic E-state index is 11.7. The van der Waals surface area contributed by atoms with Crippen LogP contribution in [-0.2, 0) is 0 Å². The number of hydrogen-bond acceptors (Lipinski definition) is 5. The van der Waals surface area contributed by atoms with Gasteiger partial charge < -0.3 is 4.98 Å². The van der Waals surface area contributed by atoms with Gasteiger partial charge in [0.1, 0.15) is 5.69 Å². The molecule has 19 heavy (non-hydrogen) atoms. The molecule has 2 aromatic heterocycles. The van der Waals surface area contributed by atoms with Gasteiger partial charge in [-0.15, -0.1) is 0 Å². The normalized spacial score (nSPS) is 10.6. The van der Waals surface area contributed by atoms with Crippen molar-refractivity contribution in [3.05, 3.63) is 58.0 Å². The molecule has 7 heteroatoms. The first-order valence-electron chi connectivity index (χ1n) is 5.46. The van der Waals surface area contributed by atoms with Crippen LogP contribution < -0.4 is 11.1 Å². The Hall–Kier alpha value is -2.83. The van der Waals surface area contributed by atoms with Gasteiger partial charge in [0.25, 0.3) is 5.91 Å². The monoisotopic (exact) mass is 257 g/mol. The van der Waals surface area contributed by atoms with Gasteiger partial charge in [-0.2, -0.15) is 10.1 Å². The molecule has 2 rings (SSSR count). The second-order valence-electron chi connectivity index (χ2n) is 3.74. The highest BCUT2D eigenvalue weighted by molar-refractivity contribution is 5.93. The lowest BCUT2D eigenvalue weighted by atomic mass is 10.3. The third kappa shape index (κ3) is 3.56. The van der Waals surface area contributed by atoms with Crippen LogP contribution in [0.15, 0.2) is 40.5 Å². The van der Waals surface area contributed by atoms with Gasteiger partial charge in [-0.1, -0.05) is 6.07 Å². The summed E-state index contributed by atoms with van der Waals surface area (Å²) in [6.07, 6.45) is 4.69. The first-order chi connectivity index (χ1) is 9.15. The molecule has 0 unspecified atom stereocenters. The van der Waals surface area contributed by atoms with Crippen molar-refractivity contribution in [3.63, 3.8) is 0 Å². The molecule has 0 aliphatic rings. The highest BCUT2D eigenvalue weighted by atomic mass is 16.2. The van der Waals surface area contributed by atoms with Gasteiger partial charge in [-0.3, -0.25) is 9.78 Å². The average Bonchev–Trinajstić information content (AvgIpc) is 2.38. The molecule has 2 heterocycles. The molecule has 0 spiro atoms. The minimum atomic E-state index is -0.568. The van der Waals surface area contributed by atoms with Crippen LogP contribution in [0.2, 0.25) is 0 Å². The number of hydrazone groups is 1. The van der Waals surface area contributed by atoms with Crippen LogP contribution in [0.25, 0.3) is 0 Å². The second-order valence-corrected chi connectivity index (χ2v) is 3.74. The van der Waals surface area contributed by atoms with Crippen LogP contribution in [0.4, 0.5) is 0 Å². The number of aromatic amines is 1. The summed E-state index contributed by atoms with van der Waals surface area (Å²) in [6, 6.07) is 5.01. The van der Waals surface area contributed by atoms with Crippen molar-refractivity contribution >= 4 is 12.1 Å². The van der Waals surface area contributed by atoms with Gasteiger partial charge in [-0.05, 0) is 19.1 Å². The summed E-state index contributed by atoms with van der Waals surface area (Å²) < 4.78 is 0. The van der Waals surface area contributed by atoms with E-state index in [1.165, 1.54) is 12.3 Å². The number of aryl methyl sites for hydroxylation is 1. The number of nitrogens with one attached hydrogen (secondary N) is 2. The maximum atomic E-state index is 11.7. The molecule has 0 aliphatic heterocycles. The fraction of sp³-hybridized carbons (Fsp3) is 0.0833.